The molecule has 0 aliphatic rings. The van der Waals surface area contributed by atoms with Gasteiger partial charge in [0.05, 0.1) is 0 Å². The molecule has 1 aromatic rings. The molecule has 2 nitrogen and oxygen atoms in total. The fourth-order valence-corrected chi connectivity index (χ4v) is 2.16. The summed E-state index contributed by atoms with van der Waals surface area (Å²) in [7, 11) is 0. The first-order valence-electron chi connectivity index (χ1n) is 6.85. The Labute approximate surface area is 116 Å². The summed E-state index contributed by atoms with van der Waals surface area (Å²) >= 11 is 6.10. The fraction of sp³-hybridized carbons (Fsp3) is 0.600. The summed E-state index contributed by atoms with van der Waals surface area (Å²) < 4.78 is 0. The first-order chi connectivity index (χ1) is 8.67. The Balaban J connectivity index is 2.26. The van der Waals surface area contributed by atoms with Gasteiger partial charge in [-0.15, -0.1) is 0 Å². The summed E-state index contributed by atoms with van der Waals surface area (Å²) in [5.74, 6) is 0. The van der Waals surface area contributed by atoms with Gasteiger partial charge in [0.2, 0.25) is 0 Å². The van der Waals surface area contributed by atoms with E-state index in [0.29, 0.717) is 0 Å². The minimum Gasteiger partial charge on any atom is -0.311 e. The summed E-state index contributed by atoms with van der Waals surface area (Å²) in [6.45, 7) is 11.8. The van der Waals surface area contributed by atoms with Gasteiger partial charge in [0.1, 0.15) is 0 Å². The molecule has 0 heterocycles. The van der Waals surface area contributed by atoms with Crippen molar-refractivity contribution in [1.29, 1.82) is 0 Å². The van der Waals surface area contributed by atoms with Crippen molar-refractivity contribution in [3.63, 3.8) is 0 Å². The molecule has 102 valence electrons. The molecule has 1 aromatic carbocycles. The maximum absolute atomic E-state index is 6.10. The van der Waals surface area contributed by atoms with Crippen molar-refractivity contribution in [2.45, 2.75) is 33.7 Å². The quantitative estimate of drug-likeness (QED) is 0.727. The third-order valence-electron chi connectivity index (χ3n) is 3.16. The first-order valence-corrected chi connectivity index (χ1v) is 7.23. The molecule has 18 heavy (non-hydrogen) atoms. The van der Waals surface area contributed by atoms with Crippen molar-refractivity contribution < 1.29 is 0 Å². The van der Waals surface area contributed by atoms with E-state index in [-0.39, 0.29) is 0 Å². The van der Waals surface area contributed by atoms with Gasteiger partial charge in [0, 0.05) is 24.7 Å². The molecule has 0 spiro atoms. The second kappa shape index (κ2) is 8.52. The Hall–Kier alpha value is -0.570. The average molecular weight is 269 g/mol. The highest BCUT2D eigenvalue weighted by molar-refractivity contribution is 6.31. The number of nitrogens with zero attached hydrogens (tertiary/aromatic N) is 1. The maximum atomic E-state index is 6.10. The van der Waals surface area contributed by atoms with Crippen LogP contribution in [0, 0.1) is 6.92 Å². The molecule has 0 aliphatic carbocycles. The first kappa shape index (κ1) is 15.5. The summed E-state index contributed by atoms with van der Waals surface area (Å²) in [5, 5.41) is 4.33. The molecule has 0 radical (unpaired) electrons. The van der Waals surface area contributed by atoms with Crippen molar-refractivity contribution in [1.82, 2.24) is 10.2 Å². The van der Waals surface area contributed by atoms with Gasteiger partial charge in [-0.2, -0.15) is 0 Å². The van der Waals surface area contributed by atoms with E-state index in [1.54, 1.807) is 0 Å². The van der Waals surface area contributed by atoms with Crippen LogP contribution in [0.15, 0.2) is 18.2 Å². The maximum Gasteiger partial charge on any atom is 0.0438 e. The Morgan fingerprint density at radius 1 is 1.22 bits per heavy atom. The number of benzene rings is 1. The minimum absolute atomic E-state index is 0.857. The largest absolute Gasteiger partial charge is 0.311 e. The third-order valence-corrected chi connectivity index (χ3v) is 3.56. The molecule has 0 amide bonds. The number of hydrogen-bond donors (Lipinski definition) is 1. The van der Waals surface area contributed by atoms with E-state index in [2.05, 4.69) is 36.2 Å². The zero-order valence-electron chi connectivity index (χ0n) is 11.8. The fourth-order valence-electron chi connectivity index (χ4n) is 1.96. The van der Waals surface area contributed by atoms with Crippen molar-refractivity contribution in [2.24, 2.45) is 0 Å². The van der Waals surface area contributed by atoms with Crippen LogP contribution in [0.4, 0.5) is 0 Å². The van der Waals surface area contributed by atoms with Crippen LogP contribution in [0.5, 0.6) is 0 Å². The Bertz CT molecular complexity index is 352. The second-order valence-corrected chi connectivity index (χ2v) is 5.10. The lowest BCUT2D eigenvalue weighted by atomic mass is 10.1. The monoisotopic (exact) mass is 268 g/mol. The zero-order chi connectivity index (χ0) is 13.4. The highest BCUT2D eigenvalue weighted by atomic mass is 35.5. The van der Waals surface area contributed by atoms with Gasteiger partial charge in [0.25, 0.3) is 0 Å². The topological polar surface area (TPSA) is 15.3 Å². The van der Waals surface area contributed by atoms with E-state index in [1.807, 2.05) is 13.0 Å². The Kier molecular flexibility index (Phi) is 7.33. The van der Waals surface area contributed by atoms with Gasteiger partial charge in [-0.25, -0.2) is 0 Å². The smallest absolute Gasteiger partial charge is 0.0438 e. The zero-order valence-corrected chi connectivity index (χ0v) is 12.6. The van der Waals surface area contributed by atoms with Crippen LogP contribution in [0.2, 0.25) is 5.02 Å². The lowest BCUT2D eigenvalue weighted by molar-refractivity contribution is 0.287. The van der Waals surface area contributed by atoms with Gasteiger partial charge < -0.3 is 10.2 Å². The molecule has 0 saturated carbocycles. The molecule has 1 N–H and O–H groups in total. The standard InChI is InChI=1S/C15H25ClN2/c1-4-9-18(5-2)10-8-17-12-14-7-6-13(3)15(16)11-14/h6-7,11,17H,4-5,8-10,12H2,1-3H3. The summed E-state index contributed by atoms with van der Waals surface area (Å²) in [5.41, 5.74) is 2.39. The highest BCUT2D eigenvalue weighted by Crippen LogP contribution is 2.16. The Morgan fingerprint density at radius 2 is 2.00 bits per heavy atom. The van der Waals surface area contributed by atoms with E-state index in [9.17, 15) is 0 Å². The summed E-state index contributed by atoms with van der Waals surface area (Å²) in [4.78, 5) is 2.47. The molecular formula is C15H25ClN2. The number of aryl methyl sites for hydroxylation is 1. The van der Waals surface area contributed by atoms with Crippen molar-refractivity contribution in [3.8, 4) is 0 Å². The number of likely N-dealkylation sites (N-methyl/N-ethyl adjacent to an activating group) is 1. The Morgan fingerprint density at radius 3 is 2.61 bits per heavy atom. The minimum atomic E-state index is 0.857. The molecule has 0 bridgehead atoms. The number of hydrogen-bond acceptors (Lipinski definition) is 2. The molecule has 0 aromatic heterocycles. The van der Waals surface area contributed by atoms with E-state index in [4.69, 9.17) is 11.6 Å². The van der Waals surface area contributed by atoms with E-state index in [0.717, 1.165) is 36.8 Å². The van der Waals surface area contributed by atoms with Gasteiger partial charge in [-0.1, -0.05) is 37.6 Å². The average Bonchev–Trinajstić information content (AvgIpc) is 2.37. The molecule has 0 saturated heterocycles. The summed E-state index contributed by atoms with van der Waals surface area (Å²) in [6.07, 6.45) is 1.22. The van der Waals surface area contributed by atoms with Gasteiger partial charge in [-0.05, 0) is 43.6 Å². The van der Waals surface area contributed by atoms with Crippen molar-refractivity contribution in [3.05, 3.63) is 34.3 Å². The number of rotatable bonds is 8. The van der Waals surface area contributed by atoms with Crippen LogP contribution in [0.1, 0.15) is 31.4 Å². The van der Waals surface area contributed by atoms with Crippen LogP contribution in [-0.2, 0) is 6.54 Å². The van der Waals surface area contributed by atoms with E-state index >= 15 is 0 Å². The molecule has 0 atom stereocenters. The van der Waals surface area contributed by atoms with Gasteiger partial charge in [-0.3, -0.25) is 0 Å². The van der Waals surface area contributed by atoms with Gasteiger partial charge >= 0.3 is 0 Å². The molecular weight excluding hydrogens is 244 g/mol. The van der Waals surface area contributed by atoms with Crippen LogP contribution in [0.3, 0.4) is 0 Å². The molecule has 0 aliphatic heterocycles. The predicted octanol–water partition coefficient (Wildman–Crippen LogP) is 3.47. The van der Waals surface area contributed by atoms with Crippen LogP contribution in [-0.4, -0.2) is 31.1 Å². The van der Waals surface area contributed by atoms with Crippen molar-refractivity contribution in [2.75, 3.05) is 26.2 Å². The molecule has 1 rings (SSSR count). The SMILES string of the molecule is CCCN(CC)CCNCc1ccc(C)c(Cl)c1. The van der Waals surface area contributed by atoms with Crippen LogP contribution >= 0.6 is 11.6 Å². The predicted molar refractivity (Wildman–Crippen MR) is 80.3 cm³/mol. The van der Waals surface area contributed by atoms with E-state index in [1.165, 1.54) is 18.5 Å². The van der Waals surface area contributed by atoms with Gasteiger partial charge in [0.15, 0.2) is 0 Å². The normalized spacial score (nSPS) is 11.2. The van der Waals surface area contributed by atoms with Crippen molar-refractivity contribution >= 4 is 11.6 Å². The third kappa shape index (κ3) is 5.38. The number of halogens is 1. The molecule has 3 heteroatoms. The lowest BCUT2D eigenvalue weighted by Gasteiger charge is -2.19. The van der Waals surface area contributed by atoms with Crippen LogP contribution in [0.25, 0.3) is 0 Å². The molecule has 0 unspecified atom stereocenters. The van der Waals surface area contributed by atoms with E-state index < -0.39 is 0 Å². The summed E-state index contributed by atoms with van der Waals surface area (Å²) in [6, 6.07) is 6.26. The lowest BCUT2D eigenvalue weighted by Crippen LogP contribution is -2.32. The highest BCUT2D eigenvalue weighted by Gasteiger charge is 2.01. The number of nitrogens with one attached hydrogen (secondary N) is 1. The van der Waals surface area contributed by atoms with Crippen LogP contribution < -0.4 is 5.32 Å². The molecule has 0 fully saturated rings. The second-order valence-electron chi connectivity index (χ2n) is 4.69.